The minimum Gasteiger partial charge on any atom is -0.480 e. The number of rotatable bonds is 2. The van der Waals surface area contributed by atoms with Gasteiger partial charge in [0.15, 0.2) is 0 Å². The summed E-state index contributed by atoms with van der Waals surface area (Å²) in [7, 11) is 0. The highest BCUT2D eigenvalue weighted by Gasteiger charge is 2.33. The van der Waals surface area contributed by atoms with Gasteiger partial charge in [-0.1, -0.05) is 23.2 Å². The van der Waals surface area contributed by atoms with Gasteiger partial charge in [0.05, 0.1) is 5.56 Å². The smallest absolute Gasteiger partial charge is 0.326 e. The van der Waals surface area contributed by atoms with Crippen molar-refractivity contribution in [1.29, 1.82) is 0 Å². The Kier molecular flexibility index (Phi) is 4.27. The number of hydrogen-bond donors (Lipinski definition) is 1. The standard InChI is InChI=1S/C12H12Cl2N2O3/c13-9-5-4-7(10(14)15-9)11(17)16-6-2-1-3-8(16)12(18)19/h4-5,8H,1-3,6H2,(H,18,19)/t8-/m1/s1. The van der Waals surface area contributed by atoms with Crippen molar-refractivity contribution in [2.24, 2.45) is 0 Å². The first-order valence-electron chi connectivity index (χ1n) is 5.86. The number of pyridine rings is 1. The summed E-state index contributed by atoms with van der Waals surface area (Å²) in [6.45, 7) is 0.411. The zero-order chi connectivity index (χ0) is 14.0. The largest absolute Gasteiger partial charge is 0.480 e. The topological polar surface area (TPSA) is 70.5 Å². The Morgan fingerprint density at radius 2 is 2.05 bits per heavy atom. The molecule has 1 aromatic heterocycles. The summed E-state index contributed by atoms with van der Waals surface area (Å²) in [6.07, 6.45) is 2.04. The first-order chi connectivity index (χ1) is 9.00. The molecule has 0 saturated carbocycles. The summed E-state index contributed by atoms with van der Waals surface area (Å²) in [5.41, 5.74) is 0.180. The number of amides is 1. The lowest BCUT2D eigenvalue weighted by Gasteiger charge is -2.33. The van der Waals surface area contributed by atoms with E-state index < -0.39 is 17.9 Å². The molecule has 1 fully saturated rings. The van der Waals surface area contributed by atoms with E-state index in [0.29, 0.717) is 13.0 Å². The molecule has 19 heavy (non-hydrogen) atoms. The normalized spacial score (nSPS) is 19.3. The maximum absolute atomic E-state index is 12.3. The molecule has 0 unspecified atom stereocenters. The molecule has 1 atom stereocenters. The third kappa shape index (κ3) is 2.98. The van der Waals surface area contributed by atoms with Crippen LogP contribution >= 0.6 is 23.2 Å². The molecular formula is C12H12Cl2N2O3. The lowest BCUT2D eigenvalue weighted by atomic mass is 10.0. The molecule has 2 heterocycles. The van der Waals surface area contributed by atoms with E-state index in [2.05, 4.69) is 4.98 Å². The van der Waals surface area contributed by atoms with Gasteiger partial charge in [-0.3, -0.25) is 4.79 Å². The Labute approximate surface area is 120 Å². The van der Waals surface area contributed by atoms with Crippen molar-refractivity contribution in [2.45, 2.75) is 25.3 Å². The number of carbonyl (C=O) groups excluding carboxylic acids is 1. The average molecular weight is 303 g/mol. The second kappa shape index (κ2) is 5.75. The number of aliphatic carboxylic acids is 1. The van der Waals surface area contributed by atoms with Crippen molar-refractivity contribution in [2.75, 3.05) is 6.54 Å². The number of carboxylic acid groups (broad SMARTS) is 1. The van der Waals surface area contributed by atoms with Crippen molar-refractivity contribution >= 4 is 35.1 Å². The van der Waals surface area contributed by atoms with Crippen molar-refractivity contribution in [3.63, 3.8) is 0 Å². The summed E-state index contributed by atoms with van der Waals surface area (Å²) >= 11 is 11.6. The highest BCUT2D eigenvalue weighted by Crippen LogP contribution is 2.23. The van der Waals surface area contributed by atoms with Crippen molar-refractivity contribution in [3.8, 4) is 0 Å². The number of carbonyl (C=O) groups is 2. The molecule has 1 amide bonds. The van der Waals surface area contributed by atoms with Gasteiger partial charge in [0.1, 0.15) is 16.3 Å². The second-order valence-electron chi connectivity index (χ2n) is 4.32. The monoisotopic (exact) mass is 302 g/mol. The molecule has 1 aliphatic rings. The zero-order valence-corrected chi connectivity index (χ0v) is 11.5. The highest BCUT2D eigenvalue weighted by molar-refractivity contribution is 6.34. The molecule has 5 nitrogen and oxygen atoms in total. The number of aromatic nitrogens is 1. The van der Waals surface area contributed by atoms with Gasteiger partial charge in [0.2, 0.25) is 0 Å². The van der Waals surface area contributed by atoms with Crippen LogP contribution in [0.2, 0.25) is 10.3 Å². The maximum atomic E-state index is 12.3. The number of halogens is 2. The third-order valence-electron chi connectivity index (χ3n) is 3.09. The van der Waals surface area contributed by atoms with Gasteiger partial charge < -0.3 is 10.0 Å². The molecule has 0 aliphatic carbocycles. The Morgan fingerprint density at radius 1 is 1.32 bits per heavy atom. The summed E-state index contributed by atoms with van der Waals surface area (Å²) in [5, 5.41) is 9.34. The van der Waals surface area contributed by atoms with Gasteiger partial charge in [-0.2, -0.15) is 0 Å². The Balaban J connectivity index is 2.28. The molecule has 1 N–H and O–H groups in total. The molecule has 2 rings (SSSR count). The van der Waals surface area contributed by atoms with Crippen molar-refractivity contribution in [1.82, 2.24) is 9.88 Å². The van der Waals surface area contributed by atoms with Gasteiger partial charge in [-0.25, -0.2) is 9.78 Å². The number of likely N-dealkylation sites (tertiary alicyclic amines) is 1. The van der Waals surface area contributed by atoms with Gasteiger partial charge in [-0.05, 0) is 31.4 Å². The van der Waals surface area contributed by atoms with Gasteiger partial charge in [0, 0.05) is 6.54 Å². The van der Waals surface area contributed by atoms with Crippen LogP contribution in [0.5, 0.6) is 0 Å². The van der Waals surface area contributed by atoms with Gasteiger partial charge in [0.25, 0.3) is 5.91 Å². The first-order valence-corrected chi connectivity index (χ1v) is 6.62. The number of carboxylic acids is 1. The highest BCUT2D eigenvalue weighted by atomic mass is 35.5. The SMILES string of the molecule is O=C(O)[C@H]1CCCCN1C(=O)c1ccc(Cl)nc1Cl. The molecule has 0 bridgehead atoms. The third-order valence-corrected chi connectivity index (χ3v) is 3.59. The number of hydrogen-bond acceptors (Lipinski definition) is 3. The van der Waals surface area contributed by atoms with Crippen molar-refractivity contribution < 1.29 is 14.7 Å². The fourth-order valence-electron chi connectivity index (χ4n) is 2.16. The van der Waals surface area contributed by atoms with Crippen molar-refractivity contribution in [3.05, 3.63) is 28.0 Å². The van der Waals surface area contributed by atoms with Crippen LogP contribution in [0.1, 0.15) is 29.6 Å². The molecule has 7 heteroatoms. The van der Waals surface area contributed by atoms with Crippen LogP contribution in [0.4, 0.5) is 0 Å². The molecule has 0 aromatic carbocycles. The fraction of sp³-hybridized carbons (Fsp3) is 0.417. The van der Waals surface area contributed by atoms with E-state index in [0.717, 1.165) is 12.8 Å². The zero-order valence-electron chi connectivity index (χ0n) is 9.97. The Bertz CT molecular complexity index is 522. The molecular weight excluding hydrogens is 291 g/mol. The van der Waals surface area contributed by atoms with E-state index in [1.54, 1.807) is 0 Å². The number of nitrogens with zero attached hydrogens (tertiary/aromatic N) is 2. The van der Waals surface area contributed by atoms with E-state index in [1.165, 1.54) is 17.0 Å². The predicted octanol–water partition coefficient (Wildman–Crippen LogP) is 2.47. The fourth-order valence-corrected chi connectivity index (χ4v) is 2.58. The average Bonchev–Trinajstić information content (AvgIpc) is 2.38. The Morgan fingerprint density at radius 3 is 2.68 bits per heavy atom. The predicted molar refractivity (Wildman–Crippen MR) is 70.6 cm³/mol. The van der Waals surface area contributed by atoms with Gasteiger partial charge >= 0.3 is 5.97 Å². The van der Waals surface area contributed by atoms with E-state index in [-0.39, 0.29) is 15.9 Å². The van der Waals surface area contributed by atoms with Gasteiger partial charge in [-0.15, -0.1) is 0 Å². The van der Waals surface area contributed by atoms with E-state index in [9.17, 15) is 9.59 Å². The minimum atomic E-state index is -0.994. The lowest BCUT2D eigenvalue weighted by molar-refractivity contribution is -0.143. The lowest BCUT2D eigenvalue weighted by Crippen LogP contribution is -2.48. The van der Waals surface area contributed by atoms with Crippen LogP contribution in [-0.2, 0) is 4.79 Å². The molecule has 0 spiro atoms. The molecule has 102 valence electrons. The summed E-state index contributed by atoms with van der Waals surface area (Å²) in [5.74, 6) is -1.41. The molecule has 0 radical (unpaired) electrons. The summed E-state index contributed by atoms with van der Waals surface area (Å²) in [4.78, 5) is 28.6. The number of piperidine rings is 1. The van der Waals surface area contributed by atoms with E-state index >= 15 is 0 Å². The first kappa shape index (κ1) is 14.1. The van der Waals surface area contributed by atoms with E-state index in [1.807, 2.05) is 0 Å². The van der Waals surface area contributed by atoms with Crippen LogP contribution in [0, 0.1) is 0 Å². The maximum Gasteiger partial charge on any atom is 0.326 e. The van der Waals surface area contributed by atoms with Crippen LogP contribution < -0.4 is 0 Å². The molecule has 1 aromatic rings. The summed E-state index contributed by atoms with van der Waals surface area (Å²) < 4.78 is 0. The second-order valence-corrected chi connectivity index (χ2v) is 5.07. The van der Waals surface area contributed by atoms with Crippen LogP contribution in [0.3, 0.4) is 0 Å². The van der Waals surface area contributed by atoms with Crippen LogP contribution in [0.25, 0.3) is 0 Å². The summed E-state index contributed by atoms with van der Waals surface area (Å²) in [6, 6.07) is 2.13. The quantitative estimate of drug-likeness (QED) is 0.852. The molecule has 1 saturated heterocycles. The van der Waals surface area contributed by atoms with Crippen LogP contribution in [0.15, 0.2) is 12.1 Å². The van der Waals surface area contributed by atoms with E-state index in [4.69, 9.17) is 28.3 Å². The Hall–Kier alpha value is -1.33. The van der Waals surface area contributed by atoms with Crippen LogP contribution in [-0.4, -0.2) is 39.5 Å². The minimum absolute atomic E-state index is 0.00721. The molecule has 1 aliphatic heterocycles.